The summed E-state index contributed by atoms with van der Waals surface area (Å²) < 4.78 is 50.0. The second-order valence-electron chi connectivity index (χ2n) is 3.00. The van der Waals surface area contributed by atoms with Crippen molar-refractivity contribution >= 4 is 17.6 Å². The molecule has 0 bridgehead atoms. The van der Waals surface area contributed by atoms with E-state index in [1.54, 1.807) is 0 Å². The molecule has 1 aromatic carbocycles. The number of hydrogen-bond acceptors (Lipinski definition) is 1. The minimum Gasteiger partial charge on any atom is -0.481 e. The molecule has 0 saturated heterocycles. The molecule has 16 heavy (non-hydrogen) atoms. The van der Waals surface area contributed by atoms with Crippen LogP contribution in [0.15, 0.2) is 12.1 Å². The average molecular weight is 257 g/mol. The Labute approximate surface area is 92.4 Å². The maximum absolute atomic E-state index is 13.2. The minimum atomic E-state index is -4.69. The number of alkyl halides is 3. The molecule has 1 aromatic rings. The van der Waals surface area contributed by atoms with Gasteiger partial charge in [-0.3, -0.25) is 4.79 Å². The first kappa shape index (κ1) is 12.8. The van der Waals surface area contributed by atoms with Crippen molar-refractivity contribution < 1.29 is 27.5 Å². The van der Waals surface area contributed by atoms with Gasteiger partial charge in [0.1, 0.15) is 5.82 Å². The molecule has 1 N–H and O–H groups in total. The lowest BCUT2D eigenvalue weighted by Gasteiger charge is -2.10. The Kier molecular flexibility index (Phi) is 3.42. The van der Waals surface area contributed by atoms with Crippen LogP contribution in [0.1, 0.15) is 11.1 Å². The van der Waals surface area contributed by atoms with Crippen LogP contribution in [0, 0.1) is 5.82 Å². The lowest BCUT2D eigenvalue weighted by atomic mass is 10.1. The van der Waals surface area contributed by atoms with Crippen molar-refractivity contribution in [1.82, 2.24) is 0 Å². The molecule has 7 heteroatoms. The Morgan fingerprint density at radius 2 is 1.94 bits per heavy atom. The summed E-state index contributed by atoms with van der Waals surface area (Å²) >= 11 is 5.24. The van der Waals surface area contributed by atoms with Crippen LogP contribution < -0.4 is 0 Å². The summed E-state index contributed by atoms with van der Waals surface area (Å²) in [6.45, 7) is 0. The summed E-state index contributed by atoms with van der Waals surface area (Å²) in [5.74, 6) is -2.58. The average Bonchev–Trinajstić information content (AvgIpc) is 2.10. The van der Waals surface area contributed by atoms with Gasteiger partial charge in [-0.05, 0) is 12.1 Å². The van der Waals surface area contributed by atoms with Crippen molar-refractivity contribution in [2.75, 3.05) is 0 Å². The normalized spacial score (nSPS) is 11.6. The number of rotatable bonds is 2. The highest BCUT2D eigenvalue weighted by Crippen LogP contribution is 2.33. The van der Waals surface area contributed by atoms with E-state index in [9.17, 15) is 22.4 Å². The van der Waals surface area contributed by atoms with Gasteiger partial charge in [-0.2, -0.15) is 13.2 Å². The zero-order valence-corrected chi connectivity index (χ0v) is 8.36. The van der Waals surface area contributed by atoms with Crippen molar-refractivity contribution in [3.8, 4) is 0 Å². The Balaban J connectivity index is 3.27. The molecule has 0 fully saturated rings. The molecule has 0 saturated carbocycles. The fraction of sp³-hybridized carbons (Fsp3) is 0.222. The SMILES string of the molecule is O=C(O)Cc1cc(C(F)(F)F)cc(Cl)c1F. The van der Waals surface area contributed by atoms with E-state index in [1.165, 1.54) is 0 Å². The molecule has 2 nitrogen and oxygen atoms in total. The Hall–Kier alpha value is -1.30. The zero-order valence-electron chi connectivity index (χ0n) is 7.61. The van der Waals surface area contributed by atoms with E-state index in [4.69, 9.17) is 16.7 Å². The van der Waals surface area contributed by atoms with Crippen LogP contribution in [0.2, 0.25) is 5.02 Å². The third kappa shape index (κ3) is 2.85. The van der Waals surface area contributed by atoms with Crippen molar-refractivity contribution in [1.29, 1.82) is 0 Å². The van der Waals surface area contributed by atoms with Gasteiger partial charge in [0, 0.05) is 5.56 Å². The van der Waals surface area contributed by atoms with Crippen LogP contribution >= 0.6 is 11.6 Å². The van der Waals surface area contributed by atoms with Gasteiger partial charge in [0.2, 0.25) is 0 Å². The van der Waals surface area contributed by atoms with E-state index < -0.39 is 40.5 Å². The predicted molar refractivity (Wildman–Crippen MR) is 47.8 cm³/mol. The summed E-state index contributed by atoms with van der Waals surface area (Å²) in [5, 5.41) is 7.64. The lowest BCUT2D eigenvalue weighted by molar-refractivity contribution is -0.138. The Morgan fingerprint density at radius 3 is 2.38 bits per heavy atom. The van der Waals surface area contributed by atoms with Crippen LogP contribution in [-0.2, 0) is 17.4 Å². The molecule has 0 aliphatic carbocycles. The first-order chi connectivity index (χ1) is 7.21. The summed E-state index contributed by atoms with van der Waals surface area (Å²) in [6.07, 6.45) is -5.54. The molecular formula is C9H5ClF4O2. The van der Waals surface area contributed by atoms with E-state index in [0.717, 1.165) is 0 Å². The van der Waals surface area contributed by atoms with Crippen molar-refractivity contribution in [2.45, 2.75) is 12.6 Å². The highest BCUT2D eigenvalue weighted by atomic mass is 35.5. The molecule has 0 unspecified atom stereocenters. The molecule has 0 aliphatic rings. The van der Waals surface area contributed by atoms with E-state index in [2.05, 4.69) is 0 Å². The number of carbonyl (C=O) groups is 1. The molecule has 88 valence electrons. The lowest BCUT2D eigenvalue weighted by Crippen LogP contribution is -2.09. The molecule has 0 atom stereocenters. The van der Waals surface area contributed by atoms with Crippen LogP contribution in [-0.4, -0.2) is 11.1 Å². The molecule has 0 heterocycles. The van der Waals surface area contributed by atoms with Gasteiger partial charge in [0.05, 0.1) is 17.0 Å². The highest BCUT2D eigenvalue weighted by molar-refractivity contribution is 6.30. The van der Waals surface area contributed by atoms with Gasteiger partial charge in [0.15, 0.2) is 0 Å². The minimum absolute atomic E-state index is 0.419. The Bertz CT molecular complexity index is 428. The fourth-order valence-electron chi connectivity index (χ4n) is 1.10. The monoisotopic (exact) mass is 256 g/mol. The number of benzene rings is 1. The number of carboxylic acids is 1. The summed E-state index contributed by atoms with van der Waals surface area (Å²) in [6, 6.07) is 0.859. The zero-order chi connectivity index (χ0) is 12.5. The largest absolute Gasteiger partial charge is 0.481 e. The molecule has 1 rings (SSSR count). The standard InChI is InChI=1S/C9H5ClF4O2/c10-6-3-5(9(12,13)14)1-4(8(6)11)2-7(15)16/h1,3H,2H2,(H,15,16). The number of carboxylic acid groups (broad SMARTS) is 1. The van der Waals surface area contributed by atoms with E-state index in [1.807, 2.05) is 0 Å². The maximum atomic E-state index is 13.2. The molecule has 0 spiro atoms. The van der Waals surface area contributed by atoms with Crippen LogP contribution in [0.4, 0.5) is 17.6 Å². The second kappa shape index (κ2) is 4.29. The van der Waals surface area contributed by atoms with E-state index in [-0.39, 0.29) is 0 Å². The molecule has 0 aliphatic heterocycles. The number of hydrogen-bond donors (Lipinski definition) is 1. The first-order valence-corrected chi connectivity index (χ1v) is 4.36. The summed E-state index contributed by atoms with van der Waals surface area (Å²) in [4.78, 5) is 10.3. The maximum Gasteiger partial charge on any atom is 0.416 e. The smallest absolute Gasteiger partial charge is 0.416 e. The van der Waals surface area contributed by atoms with Crippen LogP contribution in [0.5, 0.6) is 0 Å². The highest BCUT2D eigenvalue weighted by Gasteiger charge is 2.32. The quantitative estimate of drug-likeness (QED) is 0.826. The molecule has 0 aromatic heterocycles. The van der Waals surface area contributed by atoms with E-state index >= 15 is 0 Å². The topological polar surface area (TPSA) is 37.3 Å². The first-order valence-electron chi connectivity index (χ1n) is 3.98. The second-order valence-corrected chi connectivity index (χ2v) is 3.41. The Morgan fingerprint density at radius 1 is 1.38 bits per heavy atom. The fourth-order valence-corrected chi connectivity index (χ4v) is 1.34. The predicted octanol–water partition coefficient (Wildman–Crippen LogP) is 3.13. The van der Waals surface area contributed by atoms with Gasteiger partial charge in [0.25, 0.3) is 0 Å². The van der Waals surface area contributed by atoms with Crippen LogP contribution in [0.25, 0.3) is 0 Å². The van der Waals surface area contributed by atoms with Gasteiger partial charge >= 0.3 is 12.1 Å². The number of aliphatic carboxylic acids is 1. The third-order valence-electron chi connectivity index (χ3n) is 1.77. The van der Waals surface area contributed by atoms with Gasteiger partial charge in [-0.15, -0.1) is 0 Å². The molecule has 0 amide bonds. The van der Waals surface area contributed by atoms with Gasteiger partial charge in [-0.1, -0.05) is 11.6 Å². The molecule has 0 radical (unpaired) electrons. The van der Waals surface area contributed by atoms with E-state index in [0.29, 0.717) is 12.1 Å². The molecular weight excluding hydrogens is 252 g/mol. The summed E-state index contributed by atoms with van der Waals surface area (Å²) in [5.41, 5.74) is -1.76. The van der Waals surface area contributed by atoms with Crippen molar-refractivity contribution in [3.63, 3.8) is 0 Å². The van der Waals surface area contributed by atoms with Gasteiger partial charge < -0.3 is 5.11 Å². The van der Waals surface area contributed by atoms with Gasteiger partial charge in [-0.25, -0.2) is 4.39 Å². The van der Waals surface area contributed by atoms with Crippen LogP contribution in [0.3, 0.4) is 0 Å². The van der Waals surface area contributed by atoms with Crippen molar-refractivity contribution in [2.24, 2.45) is 0 Å². The summed E-state index contributed by atoms with van der Waals surface area (Å²) in [7, 11) is 0. The van der Waals surface area contributed by atoms with Crippen molar-refractivity contribution in [3.05, 3.63) is 34.1 Å². The third-order valence-corrected chi connectivity index (χ3v) is 2.05. The number of halogens is 5.